The van der Waals surface area contributed by atoms with Gasteiger partial charge in [0.2, 0.25) is 5.95 Å². The highest BCUT2D eigenvalue weighted by Crippen LogP contribution is 2.32. The van der Waals surface area contributed by atoms with Crippen LogP contribution in [0.4, 0.5) is 17.6 Å². The summed E-state index contributed by atoms with van der Waals surface area (Å²) in [5.41, 5.74) is 2.82. The summed E-state index contributed by atoms with van der Waals surface area (Å²) in [5.74, 6) is 3.31. The van der Waals surface area contributed by atoms with Gasteiger partial charge in [0, 0.05) is 23.9 Å². The van der Waals surface area contributed by atoms with Crippen molar-refractivity contribution in [3.63, 3.8) is 0 Å². The van der Waals surface area contributed by atoms with E-state index in [-0.39, 0.29) is 0 Å². The van der Waals surface area contributed by atoms with E-state index in [9.17, 15) is 0 Å². The molecule has 4 rings (SSSR count). The number of fused-ring (bicyclic) bond motifs is 1. The fraction of sp³-hybridized carbons (Fsp3) is 0.227. The first kappa shape index (κ1) is 19.5. The number of rotatable bonds is 8. The van der Waals surface area contributed by atoms with Crippen LogP contribution in [0, 0.1) is 0 Å². The molecule has 0 saturated carbocycles. The molecule has 0 unspecified atom stereocenters. The summed E-state index contributed by atoms with van der Waals surface area (Å²) < 4.78 is 11.0. The number of hydrogen-bond acceptors (Lipinski definition) is 7. The Kier molecular flexibility index (Phi) is 5.65. The fourth-order valence-electron chi connectivity index (χ4n) is 3.24. The van der Waals surface area contributed by atoms with Gasteiger partial charge in [-0.3, -0.25) is 5.10 Å². The Balaban J connectivity index is 1.70. The lowest BCUT2D eigenvalue weighted by molar-refractivity contribution is 0.410. The summed E-state index contributed by atoms with van der Waals surface area (Å²) in [6.45, 7) is 2.60. The van der Waals surface area contributed by atoms with Crippen molar-refractivity contribution in [3.05, 3.63) is 59.8 Å². The van der Waals surface area contributed by atoms with Gasteiger partial charge in [-0.2, -0.15) is 10.1 Å². The van der Waals surface area contributed by atoms with Gasteiger partial charge >= 0.3 is 0 Å². The van der Waals surface area contributed by atoms with Crippen LogP contribution in [0.3, 0.4) is 0 Å². The first-order valence-electron chi connectivity index (χ1n) is 9.73. The quantitative estimate of drug-likeness (QED) is 0.403. The van der Waals surface area contributed by atoms with Gasteiger partial charge in [0.05, 0.1) is 25.1 Å². The van der Waals surface area contributed by atoms with Crippen molar-refractivity contribution < 1.29 is 9.47 Å². The third kappa shape index (κ3) is 3.98. The molecule has 0 amide bonds. The monoisotopic (exact) mass is 404 g/mol. The minimum Gasteiger partial charge on any atom is -0.496 e. The Morgan fingerprint density at radius 2 is 1.77 bits per heavy atom. The summed E-state index contributed by atoms with van der Waals surface area (Å²) in [4.78, 5) is 9.37. The number of H-pyrrole nitrogens is 1. The molecule has 4 aromatic rings. The Labute approximate surface area is 174 Å². The first-order chi connectivity index (χ1) is 14.7. The van der Waals surface area contributed by atoms with Gasteiger partial charge in [-0.05, 0) is 24.6 Å². The summed E-state index contributed by atoms with van der Waals surface area (Å²) in [6.07, 6.45) is 0.869. The predicted octanol–water partition coefficient (Wildman–Crippen LogP) is 4.29. The van der Waals surface area contributed by atoms with E-state index < -0.39 is 0 Å². The van der Waals surface area contributed by atoms with Gasteiger partial charge in [-0.1, -0.05) is 31.2 Å². The third-order valence-corrected chi connectivity index (χ3v) is 4.79. The van der Waals surface area contributed by atoms with Crippen molar-refractivity contribution in [1.29, 1.82) is 0 Å². The number of hydrogen-bond donors (Lipinski definition) is 3. The molecule has 2 heterocycles. The lowest BCUT2D eigenvalue weighted by Gasteiger charge is -2.14. The van der Waals surface area contributed by atoms with Crippen molar-refractivity contribution in [2.45, 2.75) is 19.9 Å². The van der Waals surface area contributed by atoms with Crippen LogP contribution in [0.1, 0.15) is 18.2 Å². The molecule has 30 heavy (non-hydrogen) atoms. The van der Waals surface area contributed by atoms with Crippen molar-refractivity contribution in [3.8, 4) is 11.5 Å². The maximum absolute atomic E-state index is 5.55. The number of aromatic nitrogens is 4. The zero-order valence-electron chi connectivity index (χ0n) is 17.2. The lowest BCUT2D eigenvalue weighted by Crippen LogP contribution is -2.07. The zero-order chi connectivity index (χ0) is 20.9. The molecule has 0 radical (unpaired) electrons. The van der Waals surface area contributed by atoms with Gasteiger partial charge in [0.15, 0.2) is 5.82 Å². The molecule has 0 fully saturated rings. The molecular formula is C22H24N6O2. The third-order valence-electron chi connectivity index (χ3n) is 4.79. The number of nitrogens with zero attached hydrogens (tertiary/aromatic N) is 3. The molecule has 154 valence electrons. The van der Waals surface area contributed by atoms with E-state index in [0.29, 0.717) is 29.9 Å². The predicted molar refractivity (Wildman–Crippen MR) is 118 cm³/mol. The number of anilines is 3. The number of aryl methyl sites for hydroxylation is 1. The lowest BCUT2D eigenvalue weighted by atomic mass is 10.2. The highest BCUT2D eigenvalue weighted by atomic mass is 16.5. The van der Waals surface area contributed by atoms with Crippen molar-refractivity contribution in [2.75, 3.05) is 24.9 Å². The molecule has 0 saturated heterocycles. The molecule has 0 spiro atoms. The maximum Gasteiger partial charge on any atom is 0.225 e. The molecule has 0 aliphatic carbocycles. The Morgan fingerprint density at radius 1 is 0.967 bits per heavy atom. The van der Waals surface area contributed by atoms with Crippen LogP contribution in [-0.4, -0.2) is 34.4 Å². The maximum atomic E-state index is 5.55. The molecule has 0 bridgehead atoms. The molecular weight excluding hydrogens is 380 g/mol. The van der Waals surface area contributed by atoms with Crippen LogP contribution < -0.4 is 20.1 Å². The number of benzene rings is 2. The SMILES string of the molecule is CCc1cc(Nc2nc(NCc3ccccc3OC)nc3cccc(OC)c23)n[nH]1. The molecule has 0 atom stereocenters. The molecule has 2 aromatic carbocycles. The normalized spacial score (nSPS) is 10.8. The van der Waals surface area contributed by atoms with Crippen molar-refractivity contribution in [2.24, 2.45) is 0 Å². The number of methoxy groups -OCH3 is 2. The topological polar surface area (TPSA) is 97.0 Å². The molecule has 0 aliphatic heterocycles. The van der Waals surface area contributed by atoms with E-state index in [0.717, 1.165) is 34.3 Å². The van der Waals surface area contributed by atoms with Crippen LogP contribution in [0.15, 0.2) is 48.5 Å². The van der Waals surface area contributed by atoms with Gasteiger partial charge in [0.25, 0.3) is 0 Å². The fourth-order valence-corrected chi connectivity index (χ4v) is 3.24. The second kappa shape index (κ2) is 8.69. The van der Waals surface area contributed by atoms with Gasteiger partial charge in [0.1, 0.15) is 17.3 Å². The minimum absolute atomic E-state index is 0.496. The van der Waals surface area contributed by atoms with Gasteiger partial charge in [-0.15, -0.1) is 0 Å². The smallest absolute Gasteiger partial charge is 0.225 e. The number of aromatic amines is 1. The Hall–Kier alpha value is -3.81. The molecule has 8 heteroatoms. The molecule has 8 nitrogen and oxygen atoms in total. The van der Waals surface area contributed by atoms with E-state index in [4.69, 9.17) is 14.5 Å². The van der Waals surface area contributed by atoms with Gasteiger partial charge < -0.3 is 20.1 Å². The summed E-state index contributed by atoms with van der Waals surface area (Å²) in [5, 5.41) is 14.7. The van der Waals surface area contributed by atoms with Crippen LogP contribution in [0.2, 0.25) is 0 Å². The Bertz CT molecular complexity index is 1160. The van der Waals surface area contributed by atoms with Crippen LogP contribution >= 0.6 is 0 Å². The standard InChI is InChI=1S/C22H24N6O2/c1-4-15-12-19(28-27-15)25-21-20-16(9-7-11-18(20)30-3)24-22(26-21)23-13-14-8-5-6-10-17(14)29-2/h5-12H,4,13H2,1-3H3,(H3,23,24,25,26,27,28). The summed E-state index contributed by atoms with van der Waals surface area (Å²) >= 11 is 0. The number of ether oxygens (including phenoxy) is 2. The summed E-state index contributed by atoms with van der Waals surface area (Å²) in [7, 11) is 3.30. The van der Waals surface area contributed by atoms with E-state index in [1.54, 1.807) is 14.2 Å². The molecule has 2 aromatic heterocycles. The van der Waals surface area contributed by atoms with Crippen LogP contribution in [-0.2, 0) is 13.0 Å². The minimum atomic E-state index is 0.496. The van der Waals surface area contributed by atoms with Crippen molar-refractivity contribution in [1.82, 2.24) is 20.2 Å². The highest BCUT2D eigenvalue weighted by Gasteiger charge is 2.14. The second-order valence-corrected chi connectivity index (χ2v) is 6.67. The average Bonchev–Trinajstić information content (AvgIpc) is 3.25. The van der Waals surface area contributed by atoms with Gasteiger partial charge in [-0.25, -0.2) is 4.98 Å². The first-order valence-corrected chi connectivity index (χ1v) is 9.73. The average molecular weight is 404 g/mol. The summed E-state index contributed by atoms with van der Waals surface area (Å²) in [6, 6.07) is 15.5. The van der Waals surface area contributed by atoms with E-state index >= 15 is 0 Å². The number of para-hydroxylation sites is 1. The van der Waals surface area contributed by atoms with Crippen LogP contribution in [0.5, 0.6) is 11.5 Å². The largest absolute Gasteiger partial charge is 0.496 e. The highest BCUT2D eigenvalue weighted by molar-refractivity contribution is 5.96. The van der Waals surface area contributed by atoms with E-state index in [1.165, 1.54) is 0 Å². The molecule has 0 aliphatic rings. The Morgan fingerprint density at radius 3 is 2.53 bits per heavy atom. The number of nitrogens with one attached hydrogen (secondary N) is 3. The van der Waals surface area contributed by atoms with Crippen LogP contribution in [0.25, 0.3) is 10.9 Å². The van der Waals surface area contributed by atoms with E-state index in [2.05, 4.69) is 32.7 Å². The van der Waals surface area contributed by atoms with E-state index in [1.807, 2.05) is 48.5 Å². The zero-order valence-corrected chi connectivity index (χ0v) is 17.2. The second-order valence-electron chi connectivity index (χ2n) is 6.67. The van der Waals surface area contributed by atoms with Crippen molar-refractivity contribution >= 4 is 28.5 Å². The molecule has 3 N–H and O–H groups in total.